The third-order valence-electron chi connectivity index (χ3n) is 4.79. The van der Waals surface area contributed by atoms with E-state index in [1.807, 2.05) is 23.5 Å². The summed E-state index contributed by atoms with van der Waals surface area (Å²) in [6.45, 7) is 14.5. The van der Waals surface area contributed by atoms with Crippen LogP contribution in [0.4, 0.5) is 0 Å². The van der Waals surface area contributed by atoms with E-state index in [2.05, 4.69) is 52.5 Å². The van der Waals surface area contributed by atoms with E-state index in [9.17, 15) is 5.26 Å². The van der Waals surface area contributed by atoms with Crippen LogP contribution in [0.2, 0.25) is 0 Å². The van der Waals surface area contributed by atoms with Gasteiger partial charge in [0, 0.05) is 21.8 Å². The summed E-state index contributed by atoms with van der Waals surface area (Å²) in [5.74, 6) is 1.12. The maximum atomic E-state index is 9.67. The monoisotopic (exact) mass is 270 g/mol. The standard InChI is InChI=1S/C13H22N2S2/c1-10(2)12(5,9-14)15-7-8-16-11(3,4)13(15,6)17-10/h7-8H2,1-6H3. The summed E-state index contributed by atoms with van der Waals surface area (Å²) in [6.07, 6.45) is 0. The first-order valence-electron chi connectivity index (χ1n) is 6.14. The normalized spacial score (nSPS) is 44.1. The molecule has 0 aliphatic carbocycles. The van der Waals surface area contributed by atoms with Crippen LogP contribution in [-0.2, 0) is 0 Å². The van der Waals surface area contributed by atoms with E-state index >= 15 is 0 Å². The SMILES string of the molecule is CC1(C)SC2(C)N(CCSC2(C)C)C1(C)C#N. The van der Waals surface area contributed by atoms with Gasteiger partial charge in [0.2, 0.25) is 0 Å². The number of hydrogen-bond donors (Lipinski definition) is 0. The fourth-order valence-electron chi connectivity index (χ4n) is 3.01. The zero-order valence-corrected chi connectivity index (χ0v) is 13.3. The van der Waals surface area contributed by atoms with Crippen LogP contribution in [0.3, 0.4) is 0 Å². The Kier molecular flexibility index (Phi) is 2.86. The minimum Gasteiger partial charge on any atom is -0.268 e. The van der Waals surface area contributed by atoms with Crippen LogP contribution in [0, 0.1) is 11.3 Å². The molecule has 0 amide bonds. The minimum absolute atomic E-state index is 0.0291. The first-order chi connectivity index (χ1) is 7.61. The third kappa shape index (κ3) is 1.52. The molecule has 2 rings (SSSR count). The van der Waals surface area contributed by atoms with Crippen molar-refractivity contribution in [3.63, 3.8) is 0 Å². The van der Waals surface area contributed by atoms with Crippen molar-refractivity contribution in [1.29, 1.82) is 5.26 Å². The van der Waals surface area contributed by atoms with Gasteiger partial charge in [-0.2, -0.15) is 17.0 Å². The Morgan fingerprint density at radius 1 is 1.06 bits per heavy atom. The molecule has 2 nitrogen and oxygen atoms in total. The topological polar surface area (TPSA) is 27.0 Å². The van der Waals surface area contributed by atoms with Crippen LogP contribution in [0.5, 0.6) is 0 Å². The van der Waals surface area contributed by atoms with Crippen molar-refractivity contribution < 1.29 is 0 Å². The van der Waals surface area contributed by atoms with Crippen LogP contribution in [-0.4, -0.2) is 37.1 Å². The quantitative estimate of drug-likeness (QED) is 0.674. The molecule has 2 atom stereocenters. The molecule has 0 bridgehead atoms. The fourth-order valence-corrected chi connectivity index (χ4v) is 6.45. The highest BCUT2D eigenvalue weighted by atomic mass is 32.2. The van der Waals surface area contributed by atoms with Gasteiger partial charge in [-0.1, -0.05) is 0 Å². The van der Waals surface area contributed by atoms with Crippen molar-refractivity contribution >= 4 is 23.5 Å². The van der Waals surface area contributed by atoms with Gasteiger partial charge < -0.3 is 0 Å². The van der Waals surface area contributed by atoms with E-state index in [0.29, 0.717) is 0 Å². The summed E-state index contributed by atoms with van der Waals surface area (Å²) < 4.78 is 0.153. The predicted molar refractivity (Wildman–Crippen MR) is 77.3 cm³/mol. The lowest BCUT2D eigenvalue weighted by Gasteiger charge is -2.52. The average molecular weight is 270 g/mol. The largest absolute Gasteiger partial charge is 0.268 e. The molecule has 0 aromatic carbocycles. The second-order valence-electron chi connectivity index (χ2n) is 6.29. The molecular formula is C13H22N2S2. The summed E-state index contributed by atoms with van der Waals surface area (Å²) in [4.78, 5) is 2.49. The lowest BCUT2D eigenvalue weighted by Crippen LogP contribution is -2.63. The van der Waals surface area contributed by atoms with Crippen LogP contribution in [0.15, 0.2) is 0 Å². The highest BCUT2D eigenvalue weighted by Gasteiger charge is 2.67. The number of rotatable bonds is 0. The molecule has 0 spiro atoms. The first kappa shape index (κ1) is 13.6. The summed E-state index contributed by atoms with van der Waals surface area (Å²) >= 11 is 4.01. The maximum absolute atomic E-state index is 9.67. The number of nitriles is 1. The van der Waals surface area contributed by atoms with Crippen LogP contribution in [0.25, 0.3) is 0 Å². The highest BCUT2D eigenvalue weighted by molar-refractivity contribution is 8.05. The van der Waals surface area contributed by atoms with E-state index in [0.717, 1.165) is 12.3 Å². The van der Waals surface area contributed by atoms with Crippen molar-refractivity contribution in [2.75, 3.05) is 12.3 Å². The van der Waals surface area contributed by atoms with Gasteiger partial charge >= 0.3 is 0 Å². The van der Waals surface area contributed by atoms with E-state index in [1.54, 1.807) is 0 Å². The first-order valence-corrected chi connectivity index (χ1v) is 7.94. The number of fused-ring (bicyclic) bond motifs is 1. The molecule has 0 radical (unpaired) electrons. The second kappa shape index (κ2) is 3.59. The van der Waals surface area contributed by atoms with Crippen molar-refractivity contribution in [2.24, 2.45) is 0 Å². The van der Waals surface area contributed by atoms with E-state index in [1.165, 1.54) is 0 Å². The zero-order valence-electron chi connectivity index (χ0n) is 11.6. The summed E-state index contributed by atoms with van der Waals surface area (Å²) in [5, 5.41) is 9.67. The smallest absolute Gasteiger partial charge is 0.121 e. The van der Waals surface area contributed by atoms with E-state index in [4.69, 9.17) is 0 Å². The lowest BCUT2D eigenvalue weighted by molar-refractivity contribution is 0.0736. The molecular weight excluding hydrogens is 248 g/mol. The Morgan fingerprint density at radius 3 is 2.18 bits per heavy atom. The Bertz CT molecular complexity index is 385. The van der Waals surface area contributed by atoms with Gasteiger partial charge in [-0.15, -0.1) is 11.8 Å². The lowest BCUT2D eigenvalue weighted by atomic mass is 9.85. The molecule has 2 aliphatic rings. The molecule has 2 saturated heterocycles. The molecule has 0 N–H and O–H groups in total. The third-order valence-corrected chi connectivity index (χ3v) is 8.46. The fraction of sp³-hybridized carbons (Fsp3) is 0.923. The summed E-state index contributed by atoms with van der Waals surface area (Å²) in [6, 6.07) is 2.59. The van der Waals surface area contributed by atoms with Crippen molar-refractivity contribution in [1.82, 2.24) is 4.90 Å². The number of nitrogens with zero attached hydrogens (tertiary/aromatic N) is 2. The van der Waals surface area contributed by atoms with Crippen LogP contribution < -0.4 is 0 Å². The predicted octanol–water partition coefficient (Wildman–Crippen LogP) is 3.34. The van der Waals surface area contributed by atoms with E-state index < -0.39 is 0 Å². The highest BCUT2D eigenvalue weighted by Crippen LogP contribution is 2.64. The molecule has 2 aliphatic heterocycles. The molecule has 2 fully saturated rings. The summed E-state index contributed by atoms with van der Waals surface area (Å²) in [5.41, 5.74) is -0.370. The van der Waals surface area contributed by atoms with Gasteiger partial charge in [0.15, 0.2) is 0 Å². The van der Waals surface area contributed by atoms with Gasteiger partial charge in [-0.05, 0) is 41.5 Å². The Balaban J connectivity index is 2.55. The van der Waals surface area contributed by atoms with Crippen LogP contribution >= 0.6 is 23.5 Å². The minimum atomic E-state index is -0.370. The molecule has 0 aromatic heterocycles. The Hall–Kier alpha value is 0.150. The molecule has 0 saturated carbocycles. The van der Waals surface area contributed by atoms with Gasteiger partial charge in [0.25, 0.3) is 0 Å². The molecule has 2 heterocycles. The van der Waals surface area contributed by atoms with Crippen molar-refractivity contribution in [3.8, 4) is 6.07 Å². The van der Waals surface area contributed by atoms with Gasteiger partial charge in [0.1, 0.15) is 5.54 Å². The Labute approximate surface area is 114 Å². The molecule has 0 aromatic rings. The van der Waals surface area contributed by atoms with Gasteiger partial charge in [-0.25, -0.2) is 0 Å². The van der Waals surface area contributed by atoms with Crippen LogP contribution in [0.1, 0.15) is 41.5 Å². The number of thioether (sulfide) groups is 2. The Morgan fingerprint density at radius 2 is 1.65 bits per heavy atom. The molecule has 17 heavy (non-hydrogen) atoms. The summed E-state index contributed by atoms with van der Waals surface area (Å²) in [7, 11) is 0. The van der Waals surface area contributed by atoms with E-state index in [-0.39, 0.29) is 19.9 Å². The molecule has 4 heteroatoms. The second-order valence-corrected chi connectivity index (χ2v) is 10.0. The van der Waals surface area contributed by atoms with Crippen molar-refractivity contribution in [2.45, 2.75) is 61.4 Å². The van der Waals surface area contributed by atoms with Crippen molar-refractivity contribution in [3.05, 3.63) is 0 Å². The van der Waals surface area contributed by atoms with Gasteiger partial charge in [0.05, 0.1) is 10.9 Å². The zero-order chi connectivity index (χ0) is 13.1. The van der Waals surface area contributed by atoms with Gasteiger partial charge in [-0.3, -0.25) is 4.90 Å². The average Bonchev–Trinajstić information content (AvgIpc) is 2.35. The molecule has 96 valence electrons. The number of hydrogen-bond acceptors (Lipinski definition) is 4. The molecule has 2 unspecified atom stereocenters. The maximum Gasteiger partial charge on any atom is 0.121 e.